The van der Waals surface area contributed by atoms with Crippen LogP contribution in [0.4, 0.5) is 0 Å². The monoisotopic (exact) mass is 321 g/mol. The van der Waals surface area contributed by atoms with Gasteiger partial charge in [-0.2, -0.15) is 0 Å². The lowest BCUT2D eigenvalue weighted by molar-refractivity contribution is -0.137. The van der Waals surface area contributed by atoms with E-state index in [2.05, 4.69) is 5.32 Å². The lowest BCUT2D eigenvalue weighted by atomic mass is 9.87. The second kappa shape index (κ2) is 9.43. The maximum Gasteiger partial charge on any atom is 0.249 e. The molecule has 3 N–H and O–H groups in total. The molecule has 23 heavy (non-hydrogen) atoms. The number of aliphatic hydroxyl groups is 2. The van der Waals surface area contributed by atoms with E-state index in [1.807, 2.05) is 30.3 Å². The van der Waals surface area contributed by atoms with Gasteiger partial charge in [0.15, 0.2) is 0 Å². The molecule has 5 nitrogen and oxygen atoms in total. The van der Waals surface area contributed by atoms with E-state index in [1.165, 1.54) is 5.56 Å². The summed E-state index contributed by atoms with van der Waals surface area (Å²) in [6, 6.07) is 9.99. The van der Waals surface area contributed by atoms with Gasteiger partial charge in [-0.25, -0.2) is 0 Å². The van der Waals surface area contributed by atoms with Gasteiger partial charge < -0.3 is 15.5 Å². The highest BCUT2D eigenvalue weighted by Crippen LogP contribution is 2.19. The van der Waals surface area contributed by atoms with Crippen molar-refractivity contribution in [2.75, 3.05) is 13.2 Å². The topological polar surface area (TPSA) is 86.6 Å². The van der Waals surface area contributed by atoms with Gasteiger partial charge in [0.05, 0.1) is 6.61 Å². The molecule has 1 rings (SSSR count). The first-order chi connectivity index (χ1) is 10.9. The normalized spacial score (nSPS) is 12.7. The van der Waals surface area contributed by atoms with Crippen molar-refractivity contribution in [1.82, 2.24) is 5.32 Å². The molecule has 0 bridgehead atoms. The van der Waals surface area contributed by atoms with E-state index in [0.717, 1.165) is 12.8 Å². The van der Waals surface area contributed by atoms with Gasteiger partial charge in [0, 0.05) is 24.8 Å². The molecule has 1 aromatic carbocycles. The van der Waals surface area contributed by atoms with Crippen LogP contribution in [0, 0.1) is 5.41 Å². The van der Waals surface area contributed by atoms with Crippen molar-refractivity contribution < 1.29 is 19.8 Å². The van der Waals surface area contributed by atoms with Crippen LogP contribution in [0.25, 0.3) is 0 Å². The Labute approximate surface area is 137 Å². The summed E-state index contributed by atoms with van der Waals surface area (Å²) in [7, 11) is 0. The lowest BCUT2D eigenvalue weighted by Crippen LogP contribution is -2.45. The molecular weight excluding hydrogens is 294 g/mol. The van der Waals surface area contributed by atoms with Gasteiger partial charge in [-0.05, 0) is 18.4 Å². The number of aryl methyl sites for hydroxylation is 1. The number of carbonyl (C=O) groups is 2. The number of Topliss-reactive ketones (excluding diaryl/α,β-unsaturated/α-hetero) is 1. The van der Waals surface area contributed by atoms with Gasteiger partial charge in [-0.3, -0.25) is 9.59 Å². The first-order valence-corrected chi connectivity index (χ1v) is 7.99. The number of ketones is 1. The van der Waals surface area contributed by atoms with Crippen molar-refractivity contribution in [3.05, 3.63) is 35.9 Å². The Kier molecular flexibility index (Phi) is 7.92. The van der Waals surface area contributed by atoms with E-state index in [-0.39, 0.29) is 25.4 Å². The van der Waals surface area contributed by atoms with Crippen molar-refractivity contribution in [1.29, 1.82) is 0 Å². The lowest BCUT2D eigenvalue weighted by Gasteiger charge is -2.27. The van der Waals surface area contributed by atoms with Crippen molar-refractivity contribution in [2.24, 2.45) is 5.41 Å². The molecule has 1 aromatic rings. The van der Waals surface area contributed by atoms with E-state index in [4.69, 9.17) is 5.11 Å². The summed E-state index contributed by atoms with van der Waals surface area (Å²) in [6.07, 6.45) is 1.10. The van der Waals surface area contributed by atoms with Crippen LogP contribution in [0.1, 0.15) is 38.7 Å². The summed E-state index contributed by atoms with van der Waals surface area (Å²) in [6.45, 7) is 3.12. The first kappa shape index (κ1) is 19.3. The number of aliphatic hydroxyl groups excluding tert-OH is 2. The molecule has 0 fully saturated rings. The molecule has 0 radical (unpaired) electrons. The molecular formula is C18H27NO4. The molecule has 1 atom stereocenters. The van der Waals surface area contributed by atoms with Crippen LogP contribution in [0.15, 0.2) is 30.3 Å². The zero-order valence-corrected chi connectivity index (χ0v) is 13.9. The van der Waals surface area contributed by atoms with Crippen LogP contribution in [-0.2, 0) is 16.0 Å². The fraction of sp³-hybridized carbons (Fsp3) is 0.556. The third-order valence-electron chi connectivity index (χ3n) is 3.86. The zero-order valence-electron chi connectivity index (χ0n) is 13.9. The highest BCUT2D eigenvalue weighted by molar-refractivity contribution is 5.83. The van der Waals surface area contributed by atoms with Crippen molar-refractivity contribution >= 4 is 11.7 Å². The fourth-order valence-electron chi connectivity index (χ4n) is 2.12. The van der Waals surface area contributed by atoms with Crippen molar-refractivity contribution in [3.8, 4) is 0 Å². The minimum atomic E-state index is -1.29. The summed E-state index contributed by atoms with van der Waals surface area (Å²) in [5, 5.41) is 21.5. The van der Waals surface area contributed by atoms with Crippen LogP contribution < -0.4 is 5.32 Å². The third kappa shape index (κ3) is 6.93. The van der Waals surface area contributed by atoms with Gasteiger partial charge in [0.25, 0.3) is 0 Å². The first-order valence-electron chi connectivity index (χ1n) is 7.99. The Morgan fingerprint density at radius 1 is 1.17 bits per heavy atom. The zero-order chi connectivity index (χ0) is 17.3. The second-order valence-corrected chi connectivity index (χ2v) is 6.47. The van der Waals surface area contributed by atoms with E-state index < -0.39 is 17.4 Å². The Morgan fingerprint density at radius 3 is 2.43 bits per heavy atom. The number of hydrogen-bond donors (Lipinski definition) is 3. The molecule has 0 heterocycles. The third-order valence-corrected chi connectivity index (χ3v) is 3.86. The summed E-state index contributed by atoms with van der Waals surface area (Å²) in [5.74, 6) is -0.460. The minimum Gasteiger partial charge on any atom is -0.396 e. The smallest absolute Gasteiger partial charge is 0.249 e. The Balaban J connectivity index is 2.20. The minimum absolute atomic E-state index is 0.0946. The summed E-state index contributed by atoms with van der Waals surface area (Å²) in [5.41, 5.74) is 0.312. The van der Waals surface area contributed by atoms with Crippen LogP contribution in [0.3, 0.4) is 0 Å². The Hall–Kier alpha value is -1.72. The number of carbonyl (C=O) groups excluding carboxylic acids is 2. The number of rotatable bonds is 10. The molecule has 0 unspecified atom stereocenters. The Bertz CT molecular complexity index is 499. The van der Waals surface area contributed by atoms with Crippen molar-refractivity contribution in [2.45, 2.75) is 45.6 Å². The van der Waals surface area contributed by atoms with Crippen LogP contribution >= 0.6 is 0 Å². The molecule has 0 aliphatic carbocycles. The fourth-order valence-corrected chi connectivity index (χ4v) is 2.12. The molecule has 0 aromatic heterocycles. The van der Waals surface area contributed by atoms with Crippen LogP contribution in [0.5, 0.6) is 0 Å². The maximum absolute atomic E-state index is 11.8. The molecule has 0 saturated heterocycles. The quantitative estimate of drug-likeness (QED) is 0.609. The van der Waals surface area contributed by atoms with Gasteiger partial charge in [0.1, 0.15) is 11.9 Å². The van der Waals surface area contributed by atoms with Crippen molar-refractivity contribution in [3.63, 3.8) is 0 Å². The largest absolute Gasteiger partial charge is 0.396 e. The molecule has 0 aliphatic heterocycles. The number of benzene rings is 1. The van der Waals surface area contributed by atoms with Gasteiger partial charge in [-0.1, -0.05) is 44.2 Å². The van der Waals surface area contributed by atoms with E-state index in [0.29, 0.717) is 6.42 Å². The highest BCUT2D eigenvalue weighted by Gasteiger charge is 2.32. The summed E-state index contributed by atoms with van der Waals surface area (Å²) < 4.78 is 0. The van der Waals surface area contributed by atoms with E-state index >= 15 is 0 Å². The molecule has 0 spiro atoms. The maximum atomic E-state index is 11.8. The SMILES string of the molecule is CC(C)(CO)[C@@H](O)C(=O)NCCC(=O)CCCc1ccccc1. The average molecular weight is 321 g/mol. The standard InChI is InChI=1S/C18H27NO4/c1-18(2,13-20)16(22)17(23)19-12-11-15(21)10-6-9-14-7-4-3-5-8-14/h3-5,7-8,16,20,22H,6,9-13H2,1-2H3,(H,19,23)/t16-/m0/s1. The second-order valence-electron chi connectivity index (χ2n) is 6.47. The summed E-state index contributed by atoms with van der Waals surface area (Å²) in [4.78, 5) is 23.5. The van der Waals surface area contributed by atoms with Crippen LogP contribution in [0.2, 0.25) is 0 Å². The molecule has 5 heteroatoms. The molecule has 128 valence electrons. The van der Waals surface area contributed by atoms with Gasteiger partial charge in [0.2, 0.25) is 5.91 Å². The van der Waals surface area contributed by atoms with E-state index in [9.17, 15) is 14.7 Å². The average Bonchev–Trinajstić information content (AvgIpc) is 2.55. The number of hydrogen-bond acceptors (Lipinski definition) is 4. The molecule has 1 amide bonds. The summed E-state index contributed by atoms with van der Waals surface area (Å²) >= 11 is 0. The van der Waals surface area contributed by atoms with E-state index in [1.54, 1.807) is 13.8 Å². The van der Waals surface area contributed by atoms with Gasteiger partial charge >= 0.3 is 0 Å². The predicted octanol–water partition coefficient (Wildman–Crippen LogP) is 1.46. The Morgan fingerprint density at radius 2 is 1.83 bits per heavy atom. The molecule has 0 saturated carbocycles. The highest BCUT2D eigenvalue weighted by atomic mass is 16.3. The van der Waals surface area contributed by atoms with Gasteiger partial charge in [-0.15, -0.1) is 0 Å². The predicted molar refractivity (Wildman–Crippen MR) is 88.9 cm³/mol. The van der Waals surface area contributed by atoms with Crippen LogP contribution in [-0.4, -0.2) is 41.2 Å². The number of nitrogens with one attached hydrogen (secondary N) is 1. The number of amides is 1. The molecule has 0 aliphatic rings.